The summed E-state index contributed by atoms with van der Waals surface area (Å²) in [6.45, 7) is 9.00. The van der Waals surface area contributed by atoms with Crippen LogP contribution < -0.4 is 0 Å². The van der Waals surface area contributed by atoms with E-state index in [9.17, 15) is 22.4 Å². The van der Waals surface area contributed by atoms with Gasteiger partial charge in [-0.2, -0.15) is 13.2 Å². The highest BCUT2D eigenvalue weighted by Crippen LogP contribution is 2.51. The molecule has 4 nitrogen and oxygen atoms in total. The number of nitrogens with zero attached hydrogens (tertiary/aromatic N) is 3. The molecular formula is C31H37F4N3O. The summed E-state index contributed by atoms with van der Waals surface area (Å²) in [6.07, 6.45) is 1.42. The van der Waals surface area contributed by atoms with Crippen LogP contribution in [-0.2, 0) is 22.9 Å². The molecule has 2 aliphatic carbocycles. The number of benzene rings is 2. The first-order chi connectivity index (χ1) is 18.4. The van der Waals surface area contributed by atoms with Crippen LogP contribution in [0.25, 0.3) is 0 Å². The maximum absolute atomic E-state index is 13.8. The Hall–Kier alpha value is -2.45. The van der Waals surface area contributed by atoms with Gasteiger partial charge in [0.15, 0.2) is 0 Å². The second-order valence-corrected chi connectivity index (χ2v) is 12.6. The van der Waals surface area contributed by atoms with Crippen LogP contribution in [0.5, 0.6) is 0 Å². The van der Waals surface area contributed by atoms with Gasteiger partial charge in [-0.25, -0.2) is 4.39 Å². The molecule has 39 heavy (non-hydrogen) atoms. The largest absolute Gasteiger partial charge is 0.416 e. The predicted octanol–water partition coefficient (Wildman–Crippen LogP) is 5.92. The van der Waals surface area contributed by atoms with Gasteiger partial charge < -0.3 is 4.90 Å². The van der Waals surface area contributed by atoms with Crippen LogP contribution >= 0.6 is 0 Å². The second-order valence-electron chi connectivity index (χ2n) is 12.6. The second kappa shape index (κ2) is 9.30. The lowest BCUT2D eigenvalue weighted by molar-refractivity contribution is -0.138. The van der Waals surface area contributed by atoms with Gasteiger partial charge in [-0.1, -0.05) is 24.3 Å². The number of amides is 1. The van der Waals surface area contributed by atoms with E-state index in [1.165, 1.54) is 18.2 Å². The van der Waals surface area contributed by atoms with Crippen molar-refractivity contribution >= 4 is 5.91 Å². The maximum atomic E-state index is 13.8. The van der Waals surface area contributed by atoms with E-state index in [0.29, 0.717) is 12.1 Å². The third-order valence-electron chi connectivity index (χ3n) is 10.0. The number of hydrogen-bond donors (Lipinski definition) is 0. The summed E-state index contributed by atoms with van der Waals surface area (Å²) in [5, 5.41) is 0. The van der Waals surface area contributed by atoms with Gasteiger partial charge in [0.25, 0.3) is 0 Å². The number of carbonyl (C=O) groups is 1. The number of piperidine rings is 1. The van der Waals surface area contributed by atoms with Crippen LogP contribution in [0.15, 0.2) is 42.5 Å². The predicted molar refractivity (Wildman–Crippen MR) is 142 cm³/mol. The number of rotatable bonds is 5. The molecule has 4 fully saturated rings. The molecule has 1 spiro atoms. The van der Waals surface area contributed by atoms with Crippen molar-refractivity contribution in [3.05, 3.63) is 70.5 Å². The summed E-state index contributed by atoms with van der Waals surface area (Å²) in [4.78, 5) is 20.7. The van der Waals surface area contributed by atoms with E-state index in [0.717, 1.165) is 82.4 Å². The Kier molecular flexibility index (Phi) is 6.38. The molecule has 8 heteroatoms. The number of likely N-dealkylation sites (tertiary alicyclic amines) is 1. The molecule has 210 valence electrons. The minimum atomic E-state index is -4.31. The van der Waals surface area contributed by atoms with Gasteiger partial charge in [0, 0.05) is 50.3 Å². The number of carbonyl (C=O) groups excluding carboxylic acids is 1. The van der Waals surface area contributed by atoms with Gasteiger partial charge in [0.1, 0.15) is 5.82 Å². The van der Waals surface area contributed by atoms with Gasteiger partial charge >= 0.3 is 6.18 Å². The highest BCUT2D eigenvalue weighted by atomic mass is 19.4. The average Bonchev–Trinajstić information content (AvgIpc) is 3.84. The molecule has 1 amide bonds. The van der Waals surface area contributed by atoms with Gasteiger partial charge in [0.2, 0.25) is 5.91 Å². The molecule has 2 aliphatic heterocycles. The highest BCUT2D eigenvalue weighted by Gasteiger charge is 2.56. The number of piperazine rings is 1. The van der Waals surface area contributed by atoms with Crippen molar-refractivity contribution in [2.24, 2.45) is 0 Å². The summed E-state index contributed by atoms with van der Waals surface area (Å²) in [7, 11) is 0. The van der Waals surface area contributed by atoms with Gasteiger partial charge in [0.05, 0.1) is 11.0 Å². The Balaban J connectivity index is 1.07. The fourth-order valence-corrected chi connectivity index (χ4v) is 6.86. The standard InChI is InChI=1S/C31H37F4N3O/c1-22-19-25(7-8-26(22)32)30(11-12-30)27(39)36-15-13-28(2,14-16-36)38-18-17-37(29(21-38)9-10-29)20-23-3-5-24(6-4-23)31(33,34)35/h3-8,19H,9-18,20-21H2,1-2H3. The topological polar surface area (TPSA) is 26.8 Å². The van der Waals surface area contributed by atoms with Crippen LogP contribution in [0, 0.1) is 12.7 Å². The molecule has 0 unspecified atom stereocenters. The third-order valence-corrected chi connectivity index (χ3v) is 10.0. The smallest absolute Gasteiger partial charge is 0.342 e. The van der Waals surface area contributed by atoms with Gasteiger partial charge in [-0.15, -0.1) is 0 Å². The van der Waals surface area contributed by atoms with Crippen LogP contribution in [0.2, 0.25) is 0 Å². The summed E-state index contributed by atoms with van der Waals surface area (Å²) in [5.74, 6) is -0.0424. The minimum Gasteiger partial charge on any atom is -0.342 e. The zero-order valence-corrected chi connectivity index (χ0v) is 22.8. The molecule has 2 saturated heterocycles. The lowest BCUT2D eigenvalue weighted by atomic mass is 9.84. The van der Waals surface area contributed by atoms with E-state index in [1.807, 2.05) is 11.0 Å². The first-order valence-electron chi connectivity index (χ1n) is 14.2. The lowest BCUT2D eigenvalue weighted by Gasteiger charge is -2.53. The fourth-order valence-electron chi connectivity index (χ4n) is 6.86. The van der Waals surface area contributed by atoms with Crippen molar-refractivity contribution in [3.8, 4) is 0 Å². The molecule has 0 bridgehead atoms. The number of halogens is 4. The number of alkyl halides is 3. The van der Waals surface area contributed by atoms with Crippen molar-refractivity contribution in [2.75, 3.05) is 32.7 Å². The summed E-state index contributed by atoms with van der Waals surface area (Å²) < 4.78 is 52.7. The molecular weight excluding hydrogens is 506 g/mol. The molecule has 2 aromatic rings. The van der Waals surface area contributed by atoms with Crippen LogP contribution in [0.4, 0.5) is 17.6 Å². The minimum absolute atomic E-state index is 0.0238. The van der Waals surface area contributed by atoms with E-state index in [2.05, 4.69) is 16.7 Å². The van der Waals surface area contributed by atoms with E-state index < -0.39 is 17.2 Å². The Bertz CT molecular complexity index is 1240. The molecule has 0 N–H and O–H groups in total. The fraction of sp³-hybridized carbons (Fsp3) is 0.581. The quantitative estimate of drug-likeness (QED) is 0.439. The van der Waals surface area contributed by atoms with E-state index >= 15 is 0 Å². The van der Waals surface area contributed by atoms with Gasteiger partial charge in [-0.3, -0.25) is 14.6 Å². The zero-order valence-electron chi connectivity index (χ0n) is 22.8. The number of aryl methyl sites for hydroxylation is 1. The summed E-state index contributed by atoms with van der Waals surface area (Å²) in [5.41, 5.74) is 1.50. The molecule has 0 aromatic heterocycles. The van der Waals surface area contributed by atoms with Crippen LogP contribution in [-0.4, -0.2) is 64.4 Å². The van der Waals surface area contributed by atoms with Crippen molar-refractivity contribution in [1.29, 1.82) is 0 Å². The van der Waals surface area contributed by atoms with Crippen molar-refractivity contribution in [1.82, 2.24) is 14.7 Å². The first kappa shape index (κ1) is 26.8. The van der Waals surface area contributed by atoms with Crippen LogP contribution in [0.1, 0.15) is 67.7 Å². The zero-order chi connectivity index (χ0) is 27.6. The molecule has 2 aromatic carbocycles. The average molecular weight is 544 g/mol. The molecule has 6 rings (SSSR count). The van der Waals surface area contributed by atoms with Crippen molar-refractivity contribution < 1.29 is 22.4 Å². The Morgan fingerprint density at radius 3 is 2.13 bits per heavy atom. The maximum Gasteiger partial charge on any atom is 0.416 e. The molecule has 2 saturated carbocycles. The Labute approximate surface area is 228 Å². The first-order valence-corrected chi connectivity index (χ1v) is 14.2. The van der Waals surface area contributed by atoms with E-state index in [-0.39, 0.29) is 22.8 Å². The molecule has 0 radical (unpaired) electrons. The summed E-state index contributed by atoms with van der Waals surface area (Å²) >= 11 is 0. The van der Waals surface area contributed by atoms with Gasteiger partial charge in [-0.05, 0) is 87.3 Å². The van der Waals surface area contributed by atoms with Crippen LogP contribution in [0.3, 0.4) is 0 Å². The normalized spacial score (nSPS) is 24.1. The highest BCUT2D eigenvalue weighted by molar-refractivity contribution is 5.91. The monoisotopic (exact) mass is 543 g/mol. The summed E-state index contributed by atoms with van der Waals surface area (Å²) in [6, 6.07) is 10.7. The van der Waals surface area contributed by atoms with Crippen molar-refractivity contribution in [2.45, 2.75) is 81.6 Å². The SMILES string of the molecule is Cc1cc(C2(C(=O)N3CCC(C)(N4CCN(Cc5ccc(C(F)(F)F)cc5)C5(CC5)C4)CC3)CC2)ccc1F. The van der Waals surface area contributed by atoms with E-state index in [1.54, 1.807) is 25.1 Å². The Morgan fingerprint density at radius 1 is 0.897 bits per heavy atom. The molecule has 4 aliphatic rings. The van der Waals surface area contributed by atoms with E-state index in [4.69, 9.17) is 0 Å². The lowest BCUT2D eigenvalue weighted by Crippen LogP contribution is -2.63. The number of hydrogen-bond acceptors (Lipinski definition) is 3. The molecule has 2 heterocycles. The third kappa shape index (κ3) is 4.88. The Morgan fingerprint density at radius 2 is 1.56 bits per heavy atom. The van der Waals surface area contributed by atoms with Crippen molar-refractivity contribution in [3.63, 3.8) is 0 Å². The molecule has 0 atom stereocenters.